The Bertz CT molecular complexity index is 202. The smallest absolute Gasteiger partial charge is 0.335 e. The van der Waals surface area contributed by atoms with Crippen molar-refractivity contribution in [3.63, 3.8) is 0 Å². The molecule has 0 spiro atoms. The minimum atomic E-state index is -2.25. The van der Waals surface area contributed by atoms with Gasteiger partial charge in [-0.1, -0.05) is 0 Å². The number of carbonyl (C=O) groups excluding carboxylic acids is 1. The highest BCUT2D eigenvalue weighted by Crippen LogP contribution is 2.06. The lowest BCUT2D eigenvalue weighted by Crippen LogP contribution is -2.49. The summed E-state index contributed by atoms with van der Waals surface area (Å²) in [5.41, 5.74) is 0. The number of carboxylic acid groups (broad SMARTS) is 1. The summed E-state index contributed by atoms with van der Waals surface area (Å²) in [6.45, 7) is 0.952. The van der Waals surface area contributed by atoms with Gasteiger partial charge in [0.15, 0.2) is 11.9 Å². The zero-order valence-corrected chi connectivity index (χ0v) is 7.36. The van der Waals surface area contributed by atoms with Crippen LogP contribution >= 0.6 is 0 Å². The molecule has 0 aromatic carbocycles. The maximum absolute atomic E-state index is 10.5. The summed E-state index contributed by atoms with van der Waals surface area (Å²) in [5, 5.41) is 43.9. The van der Waals surface area contributed by atoms with Crippen LogP contribution in [-0.2, 0) is 9.59 Å². The second-order valence-corrected chi connectivity index (χ2v) is 2.82. The topological polar surface area (TPSA) is 135 Å². The van der Waals surface area contributed by atoms with E-state index in [1.165, 1.54) is 0 Å². The fourth-order valence-corrected chi connectivity index (χ4v) is 0.760. The minimum Gasteiger partial charge on any atom is -0.479 e. The predicted octanol–water partition coefficient (Wildman–Crippen LogP) is -2.90. The molecule has 82 valence electrons. The Labute approximate surface area is 79.2 Å². The standard InChI is InChI=1S/C7H12O7/c1-2(8)3(9)4(10)5(11)6(12)7(13)14/h3-6,9-12H,1H3,(H,13,14)/t3-,4-,5+,6+/m1/s1. The molecule has 0 aliphatic rings. The number of hydrogen-bond donors (Lipinski definition) is 5. The van der Waals surface area contributed by atoms with Crippen molar-refractivity contribution in [1.82, 2.24) is 0 Å². The molecule has 0 heterocycles. The lowest BCUT2D eigenvalue weighted by molar-refractivity contribution is -0.165. The monoisotopic (exact) mass is 208 g/mol. The summed E-state index contributed by atoms with van der Waals surface area (Å²) in [6, 6.07) is 0. The zero-order valence-electron chi connectivity index (χ0n) is 7.36. The average Bonchev–Trinajstić information content (AvgIpc) is 2.12. The third kappa shape index (κ3) is 3.04. The number of aliphatic hydroxyl groups is 4. The molecule has 0 amide bonds. The molecule has 0 aliphatic heterocycles. The van der Waals surface area contributed by atoms with E-state index in [9.17, 15) is 9.59 Å². The Morgan fingerprint density at radius 1 is 0.929 bits per heavy atom. The van der Waals surface area contributed by atoms with E-state index in [2.05, 4.69) is 0 Å². The maximum Gasteiger partial charge on any atom is 0.335 e. The van der Waals surface area contributed by atoms with E-state index < -0.39 is 36.2 Å². The van der Waals surface area contributed by atoms with Gasteiger partial charge in [-0.05, 0) is 6.92 Å². The molecule has 4 atom stereocenters. The van der Waals surface area contributed by atoms with Crippen LogP contribution in [0.1, 0.15) is 6.92 Å². The predicted molar refractivity (Wildman–Crippen MR) is 42.3 cm³/mol. The van der Waals surface area contributed by atoms with Gasteiger partial charge in [0.05, 0.1) is 0 Å². The molecular weight excluding hydrogens is 196 g/mol. The maximum atomic E-state index is 10.5. The molecule has 0 aliphatic carbocycles. The summed E-state index contributed by atoms with van der Waals surface area (Å²) in [5.74, 6) is -2.60. The van der Waals surface area contributed by atoms with Gasteiger partial charge in [-0.15, -0.1) is 0 Å². The van der Waals surface area contributed by atoms with Crippen LogP contribution in [0.15, 0.2) is 0 Å². The van der Waals surface area contributed by atoms with Crippen LogP contribution in [0.2, 0.25) is 0 Å². The number of aliphatic hydroxyl groups excluding tert-OH is 4. The number of aliphatic carboxylic acids is 1. The highest BCUT2D eigenvalue weighted by Gasteiger charge is 2.35. The fourth-order valence-electron chi connectivity index (χ4n) is 0.760. The molecule has 0 fully saturated rings. The number of hydrogen-bond acceptors (Lipinski definition) is 6. The number of carbonyl (C=O) groups is 2. The van der Waals surface area contributed by atoms with Gasteiger partial charge in [-0.2, -0.15) is 0 Å². The highest BCUT2D eigenvalue weighted by molar-refractivity contribution is 5.81. The summed E-state index contributed by atoms with van der Waals surface area (Å²) in [7, 11) is 0. The first-order chi connectivity index (χ1) is 6.29. The van der Waals surface area contributed by atoms with Gasteiger partial charge in [0, 0.05) is 0 Å². The molecule has 0 radical (unpaired) electrons. The Morgan fingerprint density at radius 3 is 1.57 bits per heavy atom. The van der Waals surface area contributed by atoms with E-state index in [0.29, 0.717) is 0 Å². The van der Waals surface area contributed by atoms with Gasteiger partial charge in [0.25, 0.3) is 0 Å². The molecule has 0 rings (SSSR count). The Balaban J connectivity index is 4.45. The third-order valence-electron chi connectivity index (χ3n) is 1.67. The molecule has 0 aromatic rings. The van der Waals surface area contributed by atoms with Gasteiger partial charge in [-0.25, -0.2) is 4.79 Å². The third-order valence-corrected chi connectivity index (χ3v) is 1.67. The largest absolute Gasteiger partial charge is 0.479 e. The Hall–Kier alpha value is -1.02. The van der Waals surface area contributed by atoms with Crippen LogP contribution < -0.4 is 0 Å². The van der Waals surface area contributed by atoms with Crippen molar-refractivity contribution in [3.05, 3.63) is 0 Å². The van der Waals surface area contributed by atoms with Gasteiger partial charge in [-0.3, -0.25) is 4.79 Å². The van der Waals surface area contributed by atoms with Crippen LogP contribution in [0.5, 0.6) is 0 Å². The van der Waals surface area contributed by atoms with Crippen molar-refractivity contribution < 1.29 is 35.1 Å². The van der Waals surface area contributed by atoms with Crippen molar-refractivity contribution in [1.29, 1.82) is 0 Å². The first kappa shape index (κ1) is 13.0. The first-order valence-corrected chi connectivity index (χ1v) is 3.74. The summed E-state index contributed by atoms with van der Waals surface area (Å²) in [4.78, 5) is 20.7. The lowest BCUT2D eigenvalue weighted by atomic mass is 10.0. The van der Waals surface area contributed by atoms with Gasteiger partial charge < -0.3 is 25.5 Å². The summed E-state index contributed by atoms with van der Waals surface area (Å²) < 4.78 is 0. The summed E-state index contributed by atoms with van der Waals surface area (Å²) in [6.07, 6.45) is -8.32. The Kier molecular flexibility index (Phi) is 4.64. The second kappa shape index (κ2) is 5.01. The zero-order chi connectivity index (χ0) is 11.5. The van der Waals surface area contributed by atoms with Crippen molar-refractivity contribution in [2.45, 2.75) is 31.3 Å². The lowest BCUT2D eigenvalue weighted by Gasteiger charge is -2.22. The summed E-state index contributed by atoms with van der Waals surface area (Å²) >= 11 is 0. The first-order valence-electron chi connectivity index (χ1n) is 3.74. The Morgan fingerprint density at radius 2 is 1.29 bits per heavy atom. The van der Waals surface area contributed by atoms with E-state index in [1.807, 2.05) is 0 Å². The number of carboxylic acids is 1. The van der Waals surface area contributed by atoms with Gasteiger partial charge in [0.2, 0.25) is 0 Å². The molecule has 14 heavy (non-hydrogen) atoms. The van der Waals surface area contributed by atoms with Gasteiger partial charge >= 0.3 is 5.97 Å². The number of ketones is 1. The van der Waals surface area contributed by atoms with Crippen molar-refractivity contribution >= 4 is 11.8 Å². The van der Waals surface area contributed by atoms with Crippen LogP contribution in [-0.4, -0.2) is 61.7 Å². The van der Waals surface area contributed by atoms with Gasteiger partial charge in [0.1, 0.15) is 18.3 Å². The molecule has 7 nitrogen and oxygen atoms in total. The average molecular weight is 208 g/mol. The van der Waals surface area contributed by atoms with E-state index in [4.69, 9.17) is 25.5 Å². The molecule has 7 heteroatoms. The minimum absolute atomic E-state index is 0.839. The van der Waals surface area contributed by atoms with Crippen molar-refractivity contribution in [3.8, 4) is 0 Å². The molecule has 5 N–H and O–H groups in total. The van der Waals surface area contributed by atoms with E-state index in [-0.39, 0.29) is 0 Å². The van der Waals surface area contributed by atoms with Crippen LogP contribution in [0, 0.1) is 0 Å². The van der Waals surface area contributed by atoms with E-state index in [0.717, 1.165) is 6.92 Å². The van der Waals surface area contributed by atoms with Crippen LogP contribution in [0.25, 0.3) is 0 Å². The van der Waals surface area contributed by atoms with Crippen LogP contribution in [0.4, 0.5) is 0 Å². The van der Waals surface area contributed by atoms with E-state index in [1.54, 1.807) is 0 Å². The second-order valence-electron chi connectivity index (χ2n) is 2.82. The fraction of sp³-hybridized carbons (Fsp3) is 0.714. The van der Waals surface area contributed by atoms with Crippen molar-refractivity contribution in [2.75, 3.05) is 0 Å². The number of rotatable bonds is 5. The highest BCUT2D eigenvalue weighted by atomic mass is 16.4. The quantitative estimate of drug-likeness (QED) is 0.327. The molecule has 0 bridgehead atoms. The van der Waals surface area contributed by atoms with Crippen molar-refractivity contribution in [2.24, 2.45) is 0 Å². The van der Waals surface area contributed by atoms with E-state index >= 15 is 0 Å². The molecular formula is C7H12O7. The molecule has 0 saturated heterocycles. The molecule has 0 unspecified atom stereocenters. The molecule has 0 aromatic heterocycles. The molecule has 0 saturated carbocycles. The van der Waals surface area contributed by atoms with Crippen LogP contribution in [0.3, 0.4) is 0 Å². The number of Topliss-reactive ketones (excluding diaryl/α,β-unsaturated/α-hetero) is 1. The SMILES string of the molecule is CC(=O)[C@@H](O)[C@@H](O)[C@H](O)[C@H](O)C(=O)O. The normalized spacial score (nSPS) is 19.5.